The molecule has 1 heterocycles. The first kappa shape index (κ1) is 18.2. The normalized spacial score (nSPS) is 16.4. The van der Waals surface area contributed by atoms with E-state index in [1.165, 1.54) is 6.08 Å². The van der Waals surface area contributed by atoms with Gasteiger partial charge >= 0.3 is 0 Å². The Labute approximate surface area is 155 Å². The zero-order valence-corrected chi connectivity index (χ0v) is 15.0. The van der Waals surface area contributed by atoms with Crippen molar-refractivity contribution in [2.75, 3.05) is 6.61 Å². The third-order valence-corrected chi connectivity index (χ3v) is 4.56. The highest BCUT2D eigenvalue weighted by molar-refractivity contribution is 7.92. The number of hydrogen-bond donors (Lipinski definition) is 2. The molecule has 1 aliphatic rings. The molecule has 2 aromatic carbocycles. The summed E-state index contributed by atoms with van der Waals surface area (Å²) in [5, 5.41) is 1.48. The summed E-state index contributed by atoms with van der Waals surface area (Å²) >= 11 is 5.77. The Morgan fingerprint density at radius 2 is 1.81 bits per heavy atom. The number of sulfonamides is 1. The van der Waals surface area contributed by atoms with Crippen molar-refractivity contribution >= 4 is 33.6 Å². The van der Waals surface area contributed by atoms with Crippen LogP contribution in [-0.4, -0.2) is 27.0 Å². The second kappa shape index (κ2) is 7.77. The van der Waals surface area contributed by atoms with Crippen LogP contribution in [0.5, 0.6) is 11.5 Å². The first-order chi connectivity index (χ1) is 12.4. The molecule has 0 fully saturated rings. The molecule has 1 aliphatic heterocycles. The molecule has 0 spiro atoms. The molecule has 26 heavy (non-hydrogen) atoms. The first-order valence-corrected chi connectivity index (χ1v) is 9.49. The predicted octanol–water partition coefficient (Wildman–Crippen LogP) is 2.10. The van der Waals surface area contributed by atoms with Crippen molar-refractivity contribution < 1.29 is 22.7 Å². The van der Waals surface area contributed by atoms with Crippen molar-refractivity contribution in [3.8, 4) is 11.5 Å². The second-order valence-electron chi connectivity index (χ2n) is 5.35. The third-order valence-electron chi connectivity index (χ3n) is 3.43. The zero-order chi connectivity index (χ0) is 18.6. The predicted molar refractivity (Wildman–Crippen MR) is 97.0 cm³/mol. The van der Waals surface area contributed by atoms with Crippen molar-refractivity contribution in [2.24, 2.45) is 0 Å². The van der Waals surface area contributed by atoms with Gasteiger partial charge < -0.3 is 9.47 Å². The lowest BCUT2D eigenvalue weighted by atomic mass is 10.2. The van der Waals surface area contributed by atoms with Crippen molar-refractivity contribution in [1.29, 1.82) is 0 Å². The van der Waals surface area contributed by atoms with E-state index < -0.39 is 22.0 Å². The number of carbonyl (C=O) groups excluding carboxylic acids is 1. The topological polar surface area (TPSA) is 93.7 Å². The maximum Gasteiger partial charge on any atom is 0.279 e. The molecule has 2 N–H and O–H groups in total. The van der Waals surface area contributed by atoms with Gasteiger partial charge in [0.1, 0.15) is 6.61 Å². The standard InChI is InChI=1S/C17H15ClN2O5S/c18-13-7-5-12(6-8-13)9-10-26(22,23)20-19-17(21)16-11-24-14-3-1-2-4-15(14)25-16/h1-10,16,20H,11H2,(H,19,21)/b10-9-/t16-/m1/s1. The Balaban J connectivity index is 1.56. The van der Waals surface area contributed by atoms with Crippen molar-refractivity contribution in [2.45, 2.75) is 6.10 Å². The molecule has 2 aromatic rings. The van der Waals surface area contributed by atoms with Gasteiger partial charge in [0.05, 0.1) is 0 Å². The van der Waals surface area contributed by atoms with Gasteiger partial charge in [0.15, 0.2) is 11.5 Å². The summed E-state index contributed by atoms with van der Waals surface area (Å²) in [7, 11) is -3.88. The van der Waals surface area contributed by atoms with Gasteiger partial charge in [-0.2, -0.15) is 0 Å². The molecule has 0 aromatic heterocycles. The number of nitrogens with one attached hydrogen (secondary N) is 2. The van der Waals surface area contributed by atoms with Crippen LogP contribution in [0.2, 0.25) is 5.02 Å². The lowest BCUT2D eigenvalue weighted by Gasteiger charge is -2.25. The molecule has 1 amide bonds. The smallest absolute Gasteiger partial charge is 0.279 e. The number of hydrogen-bond acceptors (Lipinski definition) is 5. The van der Waals surface area contributed by atoms with Gasteiger partial charge in [-0.3, -0.25) is 10.2 Å². The van der Waals surface area contributed by atoms with E-state index in [4.69, 9.17) is 21.1 Å². The Bertz CT molecular complexity index is 928. The van der Waals surface area contributed by atoms with Crippen LogP contribution < -0.4 is 19.7 Å². The number of benzene rings is 2. The second-order valence-corrected chi connectivity index (χ2v) is 7.36. The number of rotatable bonds is 5. The lowest BCUT2D eigenvalue weighted by Crippen LogP contribution is -2.50. The minimum Gasteiger partial charge on any atom is -0.485 e. The van der Waals surface area contributed by atoms with Crippen LogP contribution >= 0.6 is 11.6 Å². The number of fused-ring (bicyclic) bond motifs is 1. The van der Waals surface area contributed by atoms with Gasteiger partial charge in [-0.05, 0) is 35.9 Å². The molecule has 1 atom stereocenters. The van der Waals surface area contributed by atoms with E-state index in [0.717, 1.165) is 5.41 Å². The van der Waals surface area contributed by atoms with Crippen molar-refractivity contribution in [1.82, 2.24) is 10.3 Å². The van der Waals surface area contributed by atoms with Crippen LogP contribution in [0.4, 0.5) is 0 Å². The average molecular weight is 395 g/mol. The minimum atomic E-state index is -3.88. The van der Waals surface area contributed by atoms with E-state index in [0.29, 0.717) is 22.1 Å². The highest BCUT2D eigenvalue weighted by Gasteiger charge is 2.27. The highest BCUT2D eigenvalue weighted by atomic mass is 35.5. The Hall–Kier alpha value is -2.55. The van der Waals surface area contributed by atoms with Gasteiger partial charge in [-0.25, -0.2) is 8.42 Å². The van der Waals surface area contributed by atoms with Gasteiger partial charge in [-0.15, -0.1) is 4.83 Å². The van der Waals surface area contributed by atoms with E-state index >= 15 is 0 Å². The van der Waals surface area contributed by atoms with Crippen molar-refractivity contribution in [3.63, 3.8) is 0 Å². The van der Waals surface area contributed by atoms with E-state index in [1.807, 2.05) is 4.83 Å². The highest BCUT2D eigenvalue weighted by Crippen LogP contribution is 2.30. The quantitative estimate of drug-likeness (QED) is 0.757. The molecule has 0 bridgehead atoms. The monoisotopic (exact) mass is 394 g/mol. The number of halogens is 1. The van der Waals surface area contributed by atoms with Crippen LogP contribution in [0.25, 0.3) is 6.08 Å². The van der Waals surface area contributed by atoms with Crippen LogP contribution in [0.15, 0.2) is 53.9 Å². The fraction of sp³-hybridized carbons (Fsp3) is 0.118. The van der Waals surface area contributed by atoms with E-state index in [1.54, 1.807) is 48.5 Å². The summed E-state index contributed by atoms with van der Waals surface area (Å²) in [5.41, 5.74) is 2.76. The van der Waals surface area contributed by atoms with Crippen LogP contribution in [0.1, 0.15) is 5.56 Å². The molecule has 0 saturated carbocycles. The Morgan fingerprint density at radius 1 is 1.12 bits per heavy atom. The molecule has 7 nitrogen and oxygen atoms in total. The Morgan fingerprint density at radius 3 is 2.54 bits per heavy atom. The summed E-state index contributed by atoms with van der Waals surface area (Å²) in [6.07, 6.45) is 0.411. The van der Waals surface area contributed by atoms with Crippen LogP contribution in [0.3, 0.4) is 0 Å². The first-order valence-electron chi connectivity index (χ1n) is 7.57. The lowest BCUT2D eigenvalue weighted by molar-refractivity contribution is -0.130. The number of amides is 1. The SMILES string of the molecule is O=C(NNS(=O)(=O)/C=C\c1ccc(Cl)cc1)[C@H]1COc2ccccc2O1. The van der Waals surface area contributed by atoms with Gasteiger partial charge in [-0.1, -0.05) is 35.9 Å². The molecule has 136 valence electrons. The summed E-state index contributed by atoms with van der Waals surface area (Å²) < 4.78 is 34.8. The van der Waals surface area contributed by atoms with Crippen LogP contribution in [-0.2, 0) is 14.8 Å². The van der Waals surface area contributed by atoms with Gasteiger partial charge in [0, 0.05) is 10.4 Å². The van der Waals surface area contributed by atoms with E-state index in [-0.39, 0.29) is 6.61 Å². The summed E-state index contributed by atoms with van der Waals surface area (Å²) in [6, 6.07) is 13.5. The zero-order valence-electron chi connectivity index (χ0n) is 13.4. The van der Waals surface area contributed by atoms with Crippen LogP contribution in [0, 0.1) is 0 Å². The van der Waals surface area contributed by atoms with Gasteiger partial charge in [0.25, 0.3) is 15.9 Å². The number of carbonyl (C=O) groups is 1. The largest absolute Gasteiger partial charge is 0.485 e. The summed E-state index contributed by atoms with van der Waals surface area (Å²) in [5.74, 6) is 0.287. The maximum atomic E-state index is 12.1. The third kappa shape index (κ3) is 4.75. The number of para-hydroxylation sites is 2. The molecular formula is C17H15ClN2O5S. The minimum absolute atomic E-state index is 0.0226. The molecule has 0 unspecified atom stereocenters. The summed E-state index contributed by atoms with van der Waals surface area (Å²) in [6.45, 7) is -0.0226. The van der Waals surface area contributed by atoms with E-state index in [2.05, 4.69) is 5.43 Å². The van der Waals surface area contributed by atoms with E-state index in [9.17, 15) is 13.2 Å². The molecule has 9 heteroatoms. The average Bonchev–Trinajstić information content (AvgIpc) is 2.65. The van der Waals surface area contributed by atoms with Gasteiger partial charge in [0.2, 0.25) is 6.10 Å². The molecule has 0 saturated heterocycles. The van der Waals surface area contributed by atoms with Crippen molar-refractivity contribution in [3.05, 3.63) is 64.5 Å². The maximum absolute atomic E-state index is 12.1. The molecular weight excluding hydrogens is 380 g/mol. The molecule has 3 rings (SSSR count). The molecule has 0 aliphatic carbocycles. The summed E-state index contributed by atoms with van der Waals surface area (Å²) in [4.78, 5) is 14.1. The number of hydrazine groups is 1. The fourth-order valence-corrected chi connectivity index (χ4v) is 2.90. The molecule has 0 radical (unpaired) electrons. The number of ether oxygens (including phenoxy) is 2. The Kier molecular flexibility index (Phi) is 5.46. The fourth-order valence-electron chi connectivity index (χ4n) is 2.13.